The smallest absolute Gasteiger partial charge is 0.250 e. The van der Waals surface area contributed by atoms with Crippen LogP contribution in [-0.4, -0.2) is 9.55 Å². The van der Waals surface area contributed by atoms with Crippen molar-refractivity contribution < 1.29 is 8.98 Å². The van der Waals surface area contributed by atoms with E-state index >= 15 is 0 Å². The Kier molecular flexibility index (Phi) is 2.95. The second-order valence-electron chi connectivity index (χ2n) is 6.59. The van der Waals surface area contributed by atoms with Crippen molar-refractivity contribution in [1.82, 2.24) is 9.55 Å². The number of benzene rings is 2. The van der Waals surface area contributed by atoms with Gasteiger partial charge in [0.1, 0.15) is 0 Å². The summed E-state index contributed by atoms with van der Waals surface area (Å²) in [4.78, 5) is 4.37. The van der Waals surface area contributed by atoms with E-state index in [4.69, 9.17) is 4.42 Å². The van der Waals surface area contributed by atoms with Gasteiger partial charge in [-0.15, -0.1) is 0 Å². The van der Waals surface area contributed by atoms with Gasteiger partial charge in [0.15, 0.2) is 22.3 Å². The van der Waals surface area contributed by atoms with Crippen LogP contribution in [-0.2, 0) is 0 Å². The second kappa shape index (κ2) is 5.18. The number of aromatic nitrogens is 3. The van der Waals surface area contributed by atoms with Crippen molar-refractivity contribution in [3.63, 3.8) is 0 Å². The van der Waals surface area contributed by atoms with Crippen molar-refractivity contribution >= 4 is 33.1 Å². The fourth-order valence-corrected chi connectivity index (χ4v) is 3.55. The lowest BCUT2D eigenvalue weighted by molar-refractivity contribution is -0.691. The highest BCUT2D eigenvalue weighted by Crippen LogP contribution is 2.32. The maximum atomic E-state index is 6.12. The zero-order chi connectivity index (χ0) is 17.0. The summed E-state index contributed by atoms with van der Waals surface area (Å²) in [6.45, 7) is 4.39. The number of fused-ring (bicyclic) bond motifs is 4. The Morgan fingerprint density at radius 1 is 0.960 bits per heavy atom. The van der Waals surface area contributed by atoms with Gasteiger partial charge in [-0.3, -0.25) is 0 Å². The van der Waals surface area contributed by atoms with Crippen molar-refractivity contribution in [2.24, 2.45) is 0 Å². The third-order valence-corrected chi connectivity index (χ3v) is 4.73. The molecule has 0 aliphatic heterocycles. The summed E-state index contributed by atoms with van der Waals surface area (Å²) in [5.74, 6) is 0. The van der Waals surface area contributed by atoms with Crippen molar-refractivity contribution in [3.05, 3.63) is 67.1 Å². The lowest BCUT2D eigenvalue weighted by atomic mass is 10.1. The van der Waals surface area contributed by atoms with Gasteiger partial charge in [0, 0.05) is 17.0 Å². The molecule has 4 heteroatoms. The number of nitrogens with zero attached hydrogens (tertiary/aromatic N) is 3. The molecule has 2 aromatic carbocycles. The summed E-state index contributed by atoms with van der Waals surface area (Å²) in [5.41, 5.74) is 4.96. The van der Waals surface area contributed by atoms with E-state index in [1.807, 2.05) is 6.07 Å². The first-order valence-electron chi connectivity index (χ1n) is 8.52. The molecule has 0 aliphatic rings. The van der Waals surface area contributed by atoms with Gasteiger partial charge in [-0.1, -0.05) is 24.3 Å². The quantitative estimate of drug-likeness (QED) is 0.437. The van der Waals surface area contributed by atoms with Crippen LogP contribution in [0.5, 0.6) is 0 Å². The average Bonchev–Trinajstić information content (AvgIpc) is 3.20. The van der Waals surface area contributed by atoms with Crippen LogP contribution in [0, 0.1) is 0 Å². The molecule has 0 saturated carbocycles. The normalized spacial score (nSPS) is 12.0. The van der Waals surface area contributed by atoms with E-state index in [1.165, 1.54) is 5.52 Å². The Morgan fingerprint density at radius 2 is 1.80 bits per heavy atom. The summed E-state index contributed by atoms with van der Waals surface area (Å²) in [5, 5.41) is 2.14. The molecule has 0 aliphatic carbocycles. The summed E-state index contributed by atoms with van der Waals surface area (Å²) < 4.78 is 10.6. The van der Waals surface area contributed by atoms with Crippen molar-refractivity contribution in [1.29, 1.82) is 0 Å². The fourth-order valence-electron chi connectivity index (χ4n) is 3.55. The predicted octanol–water partition coefficient (Wildman–Crippen LogP) is 4.79. The first-order chi connectivity index (χ1) is 12.2. The Hall–Kier alpha value is -3.14. The minimum Gasteiger partial charge on any atom is -0.433 e. The molecular weight excluding hydrogens is 310 g/mol. The Morgan fingerprint density at radius 3 is 2.68 bits per heavy atom. The topological polar surface area (TPSA) is 34.8 Å². The number of imidazole rings is 1. The molecule has 25 heavy (non-hydrogen) atoms. The fraction of sp³-hybridized carbons (Fsp3) is 0.143. The molecule has 0 fully saturated rings. The van der Waals surface area contributed by atoms with E-state index in [1.54, 1.807) is 6.20 Å². The maximum Gasteiger partial charge on any atom is 0.250 e. The van der Waals surface area contributed by atoms with Crippen LogP contribution in [0.15, 0.2) is 71.5 Å². The highest BCUT2D eigenvalue weighted by atomic mass is 16.3. The summed E-state index contributed by atoms with van der Waals surface area (Å²) in [7, 11) is 0. The molecule has 3 heterocycles. The van der Waals surface area contributed by atoms with Crippen LogP contribution in [0.2, 0.25) is 0 Å². The van der Waals surface area contributed by atoms with E-state index in [9.17, 15) is 0 Å². The number of hydrogen-bond acceptors (Lipinski definition) is 2. The molecule has 3 aromatic heterocycles. The molecule has 0 radical (unpaired) electrons. The first kappa shape index (κ1) is 14.2. The van der Waals surface area contributed by atoms with Gasteiger partial charge in [-0.05, 0) is 44.2 Å². The lowest BCUT2D eigenvalue weighted by Crippen LogP contribution is -2.34. The van der Waals surface area contributed by atoms with Crippen molar-refractivity contribution in [3.8, 4) is 5.69 Å². The lowest BCUT2D eigenvalue weighted by Gasteiger charge is -1.99. The molecule has 0 spiro atoms. The maximum absolute atomic E-state index is 6.12. The number of furan rings is 1. The summed E-state index contributed by atoms with van der Waals surface area (Å²) in [6, 6.07) is 19.1. The Bertz CT molecular complexity index is 1230. The van der Waals surface area contributed by atoms with Crippen LogP contribution in [0.4, 0.5) is 0 Å². The second-order valence-corrected chi connectivity index (χ2v) is 6.59. The summed E-state index contributed by atoms with van der Waals surface area (Å²) >= 11 is 0. The minimum absolute atomic E-state index is 0.377. The van der Waals surface area contributed by atoms with Gasteiger partial charge in [0.05, 0.1) is 6.04 Å². The van der Waals surface area contributed by atoms with Crippen LogP contribution >= 0.6 is 0 Å². The van der Waals surface area contributed by atoms with E-state index in [0.717, 1.165) is 27.6 Å². The molecule has 0 atom stereocenters. The molecule has 0 bridgehead atoms. The van der Waals surface area contributed by atoms with Crippen LogP contribution in [0.25, 0.3) is 38.8 Å². The monoisotopic (exact) mass is 328 g/mol. The highest BCUT2D eigenvalue weighted by Gasteiger charge is 2.22. The molecule has 0 N–H and O–H groups in total. The number of pyridine rings is 1. The van der Waals surface area contributed by atoms with E-state index < -0.39 is 0 Å². The minimum atomic E-state index is 0.377. The van der Waals surface area contributed by atoms with Gasteiger partial charge in [-0.2, -0.15) is 4.57 Å². The average molecular weight is 328 g/mol. The molecule has 0 amide bonds. The van der Waals surface area contributed by atoms with Gasteiger partial charge in [0.2, 0.25) is 12.0 Å². The summed E-state index contributed by atoms with van der Waals surface area (Å²) in [6.07, 6.45) is 3.92. The van der Waals surface area contributed by atoms with Crippen molar-refractivity contribution in [2.45, 2.75) is 19.9 Å². The third kappa shape index (κ3) is 2.00. The zero-order valence-corrected chi connectivity index (χ0v) is 14.2. The van der Waals surface area contributed by atoms with E-state index in [2.05, 4.69) is 82.8 Å². The van der Waals surface area contributed by atoms with Crippen LogP contribution in [0.3, 0.4) is 0 Å². The number of rotatable bonds is 2. The standard InChI is InChI=1S/C21H18N3O/c1-14(2)23-13-24(18-10-4-3-9-17(18)23)19-11-5-7-15-16-8-6-12-22-21(16)25-20(15)19/h3-14H,1-2H3/q+1. The Labute approximate surface area is 144 Å². The van der Waals surface area contributed by atoms with Gasteiger partial charge in [0.25, 0.3) is 0 Å². The molecule has 0 saturated heterocycles. The molecule has 5 rings (SSSR count). The molecule has 4 nitrogen and oxygen atoms in total. The largest absolute Gasteiger partial charge is 0.433 e. The number of hydrogen-bond donors (Lipinski definition) is 0. The first-order valence-corrected chi connectivity index (χ1v) is 8.52. The highest BCUT2D eigenvalue weighted by molar-refractivity contribution is 6.06. The third-order valence-electron chi connectivity index (χ3n) is 4.73. The molecule has 122 valence electrons. The Balaban J connectivity index is 1.89. The van der Waals surface area contributed by atoms with Crippen molar-refractivity contribution in [2.75, 3.05) is 0 Å². The SMILES string of the molecule is CC(C)[n+]1cn(-c2cccc3c2oc2ncccc23)c2ccccc21. The molecular formula is C21H18N3O+. The molecule has 0 unspecified atom stereocenters. The van der Waals surface area contributed by atoms with Crippen LogP contribution < -0.4 is 4.57 Å². The van der Waals surface area contributed by atoms with Gasteiger partial charge in [-0.25, -0.2) is 9.55 Å². The van der Waals surface area contributed by atoms with E-state index in [0.29, 0.717) is 11.8 Å². The predicted molar refractivity (Wildman–Crippen MR) is 98.9 cm³/mol. The van der Waals surface area contributed by atoms with Gasteiger partial charge < -0.3 is 4.42 Å². The number of para-hydroxylation sites is 3. The van der Waals surface area contributed by atoms with Gasteiger partial charge >= 0.3 is 0 Å². The van der Waals surface area contributed by atoms with Crippen LogP contribution in [0.1, 0.15) is 19.9 Å². The zero-order valence-electron chi connectivity index (χ0n) is 14.2. The van der Waals surface area contributed by atoms with E-state index in [-0.39, 0.29) is 0 Å². The molecule has 5 aromatic rings.